The van der Waals surface area contributed by atoms with Gasteiger partial charge in [0.15, 0.2) is 0 Å². The number of nitrogens with one attached hydrogen (secondary N) is 1. The second-order valence-electron chi connectivity index (χ2n) is 6.01. The Morgan fingerprint density at radius 1 is 1.11 bits per heavy atom. The molecule has 2 rings (SSSR count). The van der Waals surface area contributed by atoms with Crippen LogP contribution in [-0.4, -0.2) is 24.2 Å². The third kappa shape index (κ3) is 6.86. The number of amides is 1. The molecular formula is C21H21Cl3NO2. The van der Waals surface area contributed by atoms with Crippen LogP contribution in [0.1, 0.15) is 31.2 Å². The number of carbonyl (C=O) groups excluding carboxylic acids is 1. The summed E-state index contributed by atoms with van der Waals surface area (Å²) in [5.74, 6) is -0.172. The molecular weight excluding hydrogens is 405 g/mol. The highest BCUT2D eigenvalue weighted by molar-refractivity contribution is 6.38. The minimum absolute atomic E-state index is 0.172. The number of aliphatic hydroxyl groups excluding tert-OH is 1. The first-order chi connectivity index (χ1) is 13.0. The van der Waals surface area contributed by atoms with Crippen molar-refractivity contribution in [1.29, 1.82) is 0 Å². The van der Waals surface area contributed by atoms with E-state index in [0.29, 0.717) is 27.2 Å². The third-order valence-electron chi connectivity index (χ3n) is 3.98. The van der Waals surface area contributed by atoms with Crippen molar-refractivity contribution in [2.24, 2.45) is 0 Å². The van der Waals surface area contributed by atoms with Crippen molar-refractivity contribution in [3.63, 3.8) is 0 Å². The molecule has 0 heterocycles. The molecule has 0 unspecified atom stereocenters. The van der Waals surface area contributed by atoms with Crippen molar-refractivity contribution in [2.45, 2.75) is 25.7 Å². The van der Waals surface area contributed by atoms with Gasteiger partial charge in [0.1, 0.15) is 0 Å². The topological polar surface area (TPSA) is 49.3 Å². The van der Waals surface area contributed by atoms with Gasteiger partial charge >= 0.3 is 0 Å². The van der Waals surface area contributed by atoms with Crippen molar-refractivity contribution in [3.8, 4) is 11.1 Å². The van der Waals surface area contributed by atoms with Gasteiger partial charge in [0.25, 0.3) is 0 Å². The Balaban J connectivity index is 2.07. The molecule has 0 bridgehead atoms. The van der Waals surface area contributed by atoms with E-state index >= 15 is 0 Å². The minimum atomic E-state index is -0.172. The molecule has 2 N–H and O–H groups in total. The molecule has 0 fully saturated rings. The SMILES string of the molecule is O=C(/C=C/c1cc[c]c(Cl)c1-c1ccc(Cl)cc1Cl)NCCCCCCO. The van der Waals surface area contributed by atoms with E-state index in [9.17, 15) is 4.79 Å². The number of rotatable bonds is 9. The molecule has 0 aromatic heterocycles. The first kappa shape index (κ1) is 21.8. The third-order valence-corrected chi connectivity index (χ3v) is 4.83. The number of halogens is 3. The molecule has 0 saturated carbocycles. The van der Waals surface area contributed by atoms with Gasteiger partial charge in [0.05, 0.1) is 5.02 Å². The van der Waals surface area contributed by atoms with Crippen LogP contribution in [0.4, 0.5) is 0 Å². The highest BCUT2D eigenvalue weighted by atomic mass is 35.5. The zero-order chi connectivity index (χ0) is 19.6. The van der Waals surface area contributed by atoms with Crippen LogP contribution in [0.2, 0.25) is 15.1 Å². The molecule has 0 spiro atoms. The molecule has 0 saturated heterocycles. The number of hydrogen-bond donors (Lipinski definition) is 2. The molecule has 0 aliphatic heterocycles. The molecule has 1 radical (unpaired) electrons. The second-order valence-corrected chi connectivity index (χ2v) is 7.23. The Kier molecular flexibility index (Phi) is 9.16. The zero-order valence-electron chi connectivity index (χ0n) is 14.8. The lowest BCUT2D eigenvalue weighted by molar-refractivity contribution is -0.116. The lowest BCUT2D eigenvalue weighted by atomic mass is 9.99. The normalized spacial score (nSPS) is 11.1. The zero-order valence-corrected chi connectivity index (χ0v) is 17.0. The maximum atomic E-state index is 12.0. The van der Waals surface area contributed by atoms with Crippen molar-refractivity contribution >= 4 is 46.8 Å². The van der Waals surface area contributed by atoms with Crippen LogP contribution < -0.4 is 5.32 Å². The van der Waals surface area contributed by atoms with Gasteiger partial charge in [-0.2, -0.15) is 0 Å². The van der Waals surface area contributed by atoms with Gasteiger partial charge in [-0.05, 0) is 36.6 Å². The molecule has 27 heavy (non-hydrogen) atoms. The van der Waals surface area contributed by atoms with Crippen LogP contribution in [0.25, 0.3) is 17.2 Å². The average Bonchev–Trinajstić information content (AvgIpc) is 2.64. The molecule has 2 aromatic rings. The largest absolute Gasteiger partial charge is 0.396 e. The van der Waals surface area contributed by atoms with Gasteiger partial charge in [-0.15, -0.1) is 0 Å². The highest BCUT2D eigenvalue weighted by Crippen LogP contribution is 2.37. The summed E-state index contributed by atoms with van der Waals surface area (Å²) in [5, 5.41) is 13.0. The summed E-state index contributed by atoms with van der Waals surface area (Å²) in [6.07, 6.45) is 6.82. The first-order valence-electron chi connectivity index (χ1n) is 8.75. The molecule has 6 heteroatoms. The summed E-state index contributed by atoms with van der Waals surface area (Å²) in [6.45, 7) is 0.819. The van der Waals surface area contributed by atoms with Crippen LogP contribution in [0.5, 0.6) is 0 Å². The van der Waals surface area contributed by atoms with Gasteiger partial charge in [-0.25, -0.2) is 0 Å². The predicted molar refractivity (Wildman–Crippen MR) is 113 cm³/mol. The minimum Gasteiger partial charge on any atom is -0.396 e. The van der Waals surface area contributed by atoms with Crippen LogP contribution in [-0.2, 0) is 4.79 Å². The fourth-order valence-electron chi connectivity index (χ4n) is 2.62. The summed E-state index contributed by atoms with van der Waals surface area (Å²) in [4.78, 5) is 12.0. The number of benzene rings is 2. The standard InChI is InChI=1S/C21H21Cl3NO2/c22-16-9-10-17(19(24)14-16)21-15(6-5-7-18(21)23)8-11-20(27)25-12-3-1-2-4-13-26/h5-6,8-11,14,26H,1-4,12-13H2,(H,25,27)/b11-8+. The Morgan fingerprint density at radius 3 is 2.63 bits per heavy atom. The van der Waals surface area contributed by atoms with E-state index < -0.39 is 0 Å². The number of unbranched alkanes of at least 4 members (excludes halogenated alkanes) is 3. The monoisotopic (exact) mass is 424 g/mol. The van der Waals surface area contributed by atoms with Gasteiger partial charge in [-0.3, -0.25) is 4.79 Å². The van der Waals surface area contributed by atoms with Gasteiger partial charge in [0, 0.05) is 46.5 Å². The van der Waals surface area contributed by atoms with E-state index in [0.717, 1.165) is 36.8 Å². The van der Waals surface area contributed by atoms with E-state index in [-0.39, 0.29) is 12.5 Å². The van der Waals surface area contributed by atoms with Gasteiger partial charge in [-0.1, -0.05) is 65.8 Å². The maximum absolute atomic E-state index is 12.0. The molecule has 0 aliphatic rings. The fourth-order valence-corrected chi connectivity index (χ4v) is 3.39. The Bertz CT molecular complexity index is 806. The van der Waals surface area contributed by atoms with E-state index in [2.05, 4.69) is 11.4 Å². The van der Waals surface area contributed by atoms with E-state index in [1.54, 1.807) is 30.3 Å². The Labute approximate surface area is 174 Å². The summed E-state index contributed by atoms with van der Waals surface area (Å²) < 4.78 is 0. The molecule has 143 valence electrons. The van der Waals surface area contributed by atoms with Crippen molar-refractivity contribution in [2.75, 3.05) is 13.2 Å². The number of aliphatic hydroxyl groups is 1. The average molecular weight is 426 g/mol. The van der Waals surface area contributed by atoms with E-state index in [1.165, 1.54) is 6.08 Å². The van der Waals surface area contributed by atoms with Crippen LogP contribution in [0, 0.1) is 6.07 Å². The summed E-state index contributed by atoms with van der Waals surface area (Å²) in [5.41, 5.74) is 2.20. The Morgan fingerprint density at radius 2 is 1.89 bits per heavy atom. The lowest BCUT2D eigenvalue weighted by Gasteiger charge is -2.11. The lowest BCUT2D eigenvalue weighted by Crippen LogP contribution is -2.21. The second kappa shape index (κ2) is 11.4. The van der Waals surface area contributed by atoms with E-state index in [4.69, 9.17) is 39.9 Å². The number of carbonyl (C=O) groups is 1. The van der Waals surface area contributed by atoms with Crippen molar-refractivity contribution < 1.29 is 9.90 Å². The summed E-state index contributed by atoms with van der Waals surface area (Å²) in [6, 6.07) is 11.7. The molecule has 0 atom stereocenters. The van der Waals surface area contributed by atoms with Crippen molar-refractivity contribution in [3.05, 3.63) is 63.1 Å². The highest BCUT2D eigenvalue weighted by Gasteiger charge is 2.12. The number of hydrogen-bond acceptors (Lipinski definition) is 2. The molecule has 3 nitrogen and oxygen atoms in total. The molecule has 1 amide bonds. The summed E-state index contributed by atoms with van der Waals surface area (Å²) in [7, 11) is 0. The summed E-state index contributed by atoms with van der Waals surface area (Å²) >= 11 is 18.6. The molecule has 0 aliphatic carbocycles. The van der Waals surface area contributed by atoms with Gasteiger partial charge < -0.3 is 10.4 Å². The molecule has 2 aromatic carbocycles. The maximum Gasteiger partial charge on any atom is 0.243 e. The van der Waals surface area contributed by atoms with Crippen LogP contribution in [0.3, 0.4) is 0 Å². The van der Waals surface area contributed by atoms with Crippen LogP contribution in [0.15, 0.2) is 36.4 Å². The van der Waals surface area contributed by atoms with Crippen molar-refractivity contribution in [1.82, 2.24) is 5.32 Å². The quantitative estimate of drug-likeness (QED) is 0.394. The predicted octanol–water partition coefficient (Wildman–Crippen LogP) is 5.80. The smallest absolute Gasteiger partial charge is 0.243 e. The fraction of sp³-hybridized carbons (Fsp3) is 0.286. The first-order valence-corrected chi connectivity index (χ1v) is 9.88. The van der Waals surface area contributed by atoms with E-state index in [1.807, 2.05) is 6.07 Å². The Hall–Kier alpha value is -1.52. The van der Waals surface area contributed by atoms with Gasteiger partial charge in [0.2, 0.25) is 5.91 Å². The van der Waals surface area contributed by atoms with Crippen LogP contribution >= 0.6 is 34.8 Å².